The number of rotatable bonds is 3. The molecule has 0 aliphatic heterocycles. The second kappa shape index (κ2) is 4.28. The lowest BCUT2D eigenvalue weighted by molar-refractivity contribution is 0.607. The van der Waals surface area contributed by atoms with Crippen molar-refractivity contribution in [2.75, 3.05) is 0 Å². The van der Waals surface area contributed by atoms with Gasteiger partial charge in [-0.15, -0.1) is 4.91 Å². The summed E-state index contributed by atoms with van der Waals surface area (Å²) in [6.45, 7) is 3.68. The Hall–Kier alpha value is -0.940. The smallest absolute Gasteiger partial charge is 0.207 e. The van der Waals surface area contributed by atoms with Crippen LogP contribution in [0.4, 0.5) is 5.69 Å². The number of hydrogen-bond acceptors (Lipinski definition) is 4. The minimum absolute atomic E-state index is 0.00854. The minimum atomic E-state index is -3.84. The maximum Gasteiger partial charge on any atom is 0.261 e. The van der Waals surface area contributed by atoms with Crippen LogP contribution in [0.2, 0.25) is 0 Å². The van der Waals surface area contributed by atoms with Gasteiger partial charge in [-0.05, 0) is 28.8 Å². The van der Waals surface area contributed by atoms with Crippen molar-refractivity contribution in [3.63, 3.8) is 0 Å². The highest BCUT2D eigenvalue weighted by molar-refractivity contribution is 8.13. The van der Waals surface area contributed by atoms with E-state index >= 15 is 0 Å². The number of hydrogen-bond donors (Lipinski definition) is 0. The van der Waals surface area contributed by atoms with Gasteiger partial charge in [-0.25, -0.2) is 8.42 Å². The molecule has 0 spiro atoms. The molecule has 0 atom stereocenters. The predicted molar refractivity (Wildman–Crippen MR) is 59.0 cm³/mol. The summed E-state index contributed by atoms with van der Waals surface area (Å²) in [7, 11) is 1.43. The molecule has 1 aromatic rings. The summed E-state index contributed by atoms with van der Waals surface area (Å²) in [6, 6.07) is 4.20. The van der Waals surface area contributed by atoms with E-state index in [0.717, 1.165) is 0 Å². The summed E-state index contributed by atoms with van der Waals surface area (Å²) in [6.07, 6.45) is 0. The predicted octanol–water partition coefficient (Wildman–Crippen LogP) is 3.14. The van der Waals surface area contributed by atoms with Crippen LogP contribution in [-0.4, -0.2) is 8.42 Å². The fraction of sp³-hybridized carbons (Fsp3) is 0.333. The van der Waals surface area contributed by atoms with Crippen molar-refractivity contribution in [3.05, 3.63) is 28.7 Å². The Morgan fingerprint density at radius 2 is 1.93 bits per heavy atom. The molecular formula is C9H10ClNO3S. The highest BCUT2D eigenvalue weighted by Crippen LogP contribution is 2.29. The molecule has 1 aromatic carbocycles. The average molecular weight is 248 g/mol. The zero-order valence-corrected chi connectivity index (χ0v) is 9.84. The van der Waals surface area contributed by atoms with Crippen molar-refractivity contribution >= 4 is 25.4 Å². The Morgan fingerprint density at radius 1 is 1.33 bits per heavy atom. The van der Waals surface area contributed by atoms with Crippen molar-refractivity contribution in [1.82, 2.24) is 0 Å². The van der Waals surface area contributed by atoms with Crippen LogP contribution in [0.15, 0.2) is 28.3 Å². The molecular weight excluding hydrogens is 238 g/mol. The second-order valence-corrected chi connectivity index (χ2v) is 5.94. The van der Waals surface area contributed by atoms with E-state index in [0.29, 0.717) is 5.56 Å². The first-order valence-corrected chi connectivity index (χ1v) is 6.59. The second-order valence-electron chi connectivity index (χ2n) is 3.41. The summed E-state index contributed by atoms with van der Waals surface area (Å²) in [5.41, 5.74) is 0.635. The van der Waals surface area contributed by atoms with Gasteiger partial charge in [0.15, 0.2) is 0 Å². The van der Waals surface area contributed by atoms with E-state index in [-0.39, 0.29) is 16.5 Å². The fourth-order valence-corrected chi connectivity index (χ4v) is 2.52. The summed E-state index contributed by atoms with van der Waals surface area (Å²) in [5.74, 6) is 0.00854. The minimum Gasteiger partial charge on any atom is -0.207 e. The van der Waals surface area contributed by atoms with Crippen molar-refractivity contribution in [3.8, 4) is 0 Å². The third-order valence-electron chi connectivity index (χ3n) is 1.99. The molecule has 0 saturated heterocycles. The van der Waals surface area contributed by atoms with Gasteiger partial charge in [0, 0.05) is 10.7 Å². The molecule has 0 aliphatic carbocycles. The third kappa shape index (κ3) is 2.76. The molecule has 0 aliphatic rings. The lowest BCUT2D eigenvalue weighted by Crippen LogP contribution is -1.99. The van der Waals surface area contributed by atoms with Gasteiger partial charge in [0.1, 0.15) is 5.69 Å². The van der Waals surface area contributed by atoms with E-state index in [1.54, 1.807) is 6.07 Å². The van der Waals surface area contributed by atoms with Gasteiger partial charge in [-0.3, -0.25) is 0 Å². The van der Waals surface area contributed by atoms with E-state index < -0.39 is 9.05 Å². The highest BCUT2D eigenvalue weighted by atomic mass is 35.7. The molecule has 0 heterocycles. The molecule has 15 heavy (non-hydrogen) atoms. The van der Waals surface area contributed by atoms with Crippen LogP contribution >= 0.6 is 10.7 Å². The number of nitroso groups, excluding NO2 is 1. The van der Waals surface area contributed by atoms with Crippen molar-refractivity contribution in [1.29, 1.82) is 0 Å². The molecule has 0 amide bonds. The first-order chi connectivity index (χ1) is 6.86. The quantitative estimate of drug-likeness (QED) is 0.609. The fourth-order valence-electron chi connectivity index (χ4n) is 1.27. The molecule has 0 fully saturated rings. The molecule has 0 unspecified atom stereocenters. The van der Waals surface area contributed by atoms with Crippen LogP contribution in [0, 0.1) is 4.91 Å². The van der Waals surface area contributed by atoms with E-state index in [4.69, 9.17) is 10.7 Å². The average Bonchev–Trinajstić information content (AvgIpc) is 2.15. The molecule has 1 rings (SSSR count). The number of nitrogens with zero attached hydrogens (tertiary/aromatic N) is 1. The maximum absolute atomic E-state index is 11.2. The van der Waals surface area contributed by atoms with Gasteiger partial charge in [-0.2, -0.15) is 0 Å². The van der Waals surface area contributed by atoms with Crippen LogP contribution in [0.3, 0.4) is 0 Å². The number of benzene rings is 1. The maximum atomic E-state index is 11.2. The van der Waals surface area contributed by atoms with E-state index in [9.17, 15) is 13.3 Å². The first-order valence-electron chi connectivity index (χ1n) is 4.28. The van der Waals surface area contributed by atoms with E-state index in [1.165, 1.54) is 12.1 Å². The largest absolute Gasteiger partial charge is 0.261 e. The molecule has 82 valence electrons. The molecule has 4 nitrogen and oxygen atoms in total. The molecule has 0 N–H and O–H groups in total. The van der Waals surface area contributed by atoms with Crippen LogP contribution in [-0.2, 0) is 9.05 Å². The van der Waals surface area contributed by atoms with Gasteiger partial charge in [0.2, 0.25) is 0 Å². The number of halogens is 1. The topological polar surface area (TPSA) is 63.6 Å². The standard InChI is InChI=1S/C9H10ClNO3S/c1-6(2)8-4-3-7(11-12)5-9(8)15(10,13)14/h3-6H,1-2H3. The Kier molecular flexibility index (Phi) is 3.46. The van der Waals surface area contributed by atoms with Crippen LogP contribution in [0.1, 0.15) is 25.3 Å². The van der Waals surface area contributed by atoms with Crippen molar-refractivity contribution < 1.29 is 8.42 Å². The lowest BCUT2D eigenvalue weighted by atomic mass is 10.0. The Bertz CT molecular complexity index is 482. The van der Waals surface area contributed by atoms with E-state index in [2.05, 4.69) is 5.18 Å². The highest BCUT2D eigenvalue weighted by Gasteiger charge is 2.18. The zero-order valence-electron chi connectivity index (χ0n) is 8.27. The summed E-state index contributed by atoms with van der Waals surface area (Å²) in [4.78, 5) is 10.2. The summed E-state index contributed by atoms with van der Waals surface area (Å²) < 4.78 is 22.5. The molecule has 0 bridgehead atoms. The Morgan fingerprint density at radius 3 is 2.33 bits per heavy atom. The first kappa shape index (κ1) is 12.1. The normalized spacial score (nSPS) is 11.7. The van der Waals surface area contributed by atoms with Gasteiger partial charge in [-0.1, -0.05) is 19.9 Å². The Balaban J connectivity index is 3.49. The van der Waals surface area contributed by atoms with Crippen LogP contribution in [0.5, 0.6) is 0 Å². The molecule has 0 radical (unpaired) electrons. The molecule has 0 saturated carbocycles. The van der Waals surface area contributed by atoms with Gasteiger partial charge in [0.25, 0.3) is 9.05 Å². The third-order valence-corrected chi connectivity index (χ3v) is 3.36. The van der Waals surface area contributed by atoms with Gasteiger partial charge in [0.05, 0.1) is 4.90 Å². The Labute approximate surface area is 92.7 Å². The summed E-state index contributed by atoms with van der Waals surface area (Å²) >= 11 is 0. The summed E-state index contributed by atoms with van der Waals surface area (Å²) in [5, 5.41) is 2.67. The lowest BCUT2D eigenvalue weighted by Gasteiger charge is -2.09. The monoisotopic (exact) mass is 247 g/mol. The van der Waals surface area contributed by atoms with Crippen molar-refractivity contribution in [2.45, 2.75) is 24.7 Å². The van der Waals surface area contributed by atoms with Gasteiger partial charge >= 0.3 is 0 Å². The van der Waals surface area contributed by atoms with Crippen LogP contribution in [0.25, 0.3) is 0 Å². The zero-order chi connectivity index (χ0) is 11.6. The molecule has 6 heteroatoms. The van der Waals surface area contributed by atoms with Crippen LogP contribution < -0.4 is 0 Å². The SMILES string of the molecule is CC(C)c1ccc(N=O)cc1S(=O)(=O)Cl. The van der Waals surface area contributed by atoms with Crippen molar-refractivity contribution in [2.24, 2.45) is 5.18 Å². The molecule has 0 aromatic heterocycles. The van der Waals surface area contributed by atoms with Gasteiger partial charge < -0.3 is 0 Å². The van der Waals surface area contributed by atoms with E-state index in [1.807, 2.05) is 13.8 Å².